The molecular formula is C14H21NO4S. The van der Waals surface area contributed by atoms with Gasteiger partial charge in [0, 0.05) is 17.9 Å². The van der Waals surface area contributed by atoms with Crippen molar-refractivity contribution in [1.29, 1.82) is 0 Å². The molecule has 0 aromatic carbocycles. The van der Waals surface area contributed by atoms with Crippen LogP contribution in [0.2, 0.25) is 0 Å². The van der Waals surface area contributed by atoms with E-state index in [1.165, 1.54) is 0 Å². The zero-order valence-corrected chi connectivity index (χ0v) is 12.4. The minimum atomic E-state index is -3.11. The van der Waals surface area contributed by atoms with Gasteiger partial charge in [-0.05, 0) is 30.9 Å². The third kappa shape index (κ3) is 2.29. The molecule has 2 heterocycles. The molecule has 20 heavy (non-hydrogen) atoms. The molecule has 4 atom stereocenters. The molecule has 0 spiro atoms. The third-order valence-corrected chi connectivity index (χ3v) is 6.64. The third-order valence-electron chi connectivity index (χ3n) is 4.80. The number of hydrogen-bond acceptors (Lipinski definition) is 5. The van der Waals surface area contributed by atoms with Crippen molar-refractivity contribution in [3.63, 3.8) is 0 Å². The van der Waals surface area contributed by atoms with Gasteiger partial charge in [0.05, 0.1) is 11.5 Å². The van der Waals surface area contributed by atoms with Gasteiger partial charge in [0.25, 0.3) is 0 Å². The van der Waals surface area contributed by atoms with Gasteiger partial charge in [-0.25, -0.2) is 8.42 Å². The lowest BCUT2D eigenvalue weighted by molar-refractivity contribution is 0.0285. The van der Waals surface area contributed by atoms with Gasteiger partial charge >= 0.3 is 0 Å². The summed E-state index contributed by atoms with van der Waals surface area (Å²) in [5, 5.41) is 10.5. The highest BCUT2D eigenvalue weighted by atomic mass is 32.2. The van der Waals surface area contributed by atoms with Crippen molar-refractivity contribution >= 4 is 9.84 Å². The van der Waals surface area contributed by atoms with Gasteiger partial charge in [-0.2, -0.15) is 0 Å². The van der Waals surface area contributed by atoms with E-state index in [9.17, 15) is 13.5 Å². The second kappa shape index (κ2) is 4.58. The number of sulfone groups is 1. The summed E-state index contributed by atoms with van der Waals surface area (Å²) in [6.45, 7) is 2.30. The van der Waals surface area contributed by atoms with Crippen LogP contribution in [0, 0.1) is 11.3 Å². The fourth-order valence-electron chi connectivity index (χ4n) is 3.16. The van der Waals surface area contributed by atoms with Crippen molar-refractivity contribution in [1.82, 2.24) is 0 Å². The summed E-state index contributed by atoms with van der Waals surface area (Å²) in [5.41, 5.74) is 4.96. The summed E-state index contributed by atoms with van der Waals surface area (Å²) in [7, 11) is -3.11. The van der Waals surface area contributed by atoms with Gasteiger partial charge < -0.3 is 15.3 Å². The monoisotopic (exact) mass is 299 g/mol. The molecule has 1 aromatic rings. The fraction of sp³-hybridized carbons (Fsp3) is 0.714. The summed E-state index contributed by atoms with van der Waals surface area (Å²) in [5.74, 6) is 2.43. The van der Waals surface area contributed by atoms with E-state index in [0.717, 1.165) is 12.2 Å². The van der Waals surface area contributed by atoms with E-state index < -0.39 is 21.4 Å². The molecule has 0 bridgehead atoms. The van der Waals surface area contributed by atoms with E-state index in [1.807, 2.05) is 6.07 Å². The standard InChI is InChI=1S/C14H21NO4S/c1-9-6-10(9)11-2-3-12(19-11)13(16)14(7-15)4-5-20(17,18)8-14/h2-3,9-10,13,16H,4-8,15H2,1H3. The lowest BCUT2D eigenvalue weighted by Gasteiger charge is -2.30. The van der Waals surface area contributed by atoms with Crippen molar-refractivity contribution in [2.24, 2.45) is 17.1 Å². The largest absolute Gasteiger partial charge is 0.463 e. The van der Waals surface area contributed by atoms with Gasteiger partial charge in [0.1, 0.15) is 17.6 Å². The second-order valence-electron chi connectivity index (χ2n) is 6.37. The number of rotatable bonds is 4. The first-order chi connectivity index (χ1) is 9.37. The molecule has 1 saturated carbocycles. The Labute approximate surface area is 119 Å². The van der Waals surface area contributed by atoms with Crippen molar-refractivity contribution < 1.29 is 17.9 Å². The number of aliphatic hydroxyl groups is 1. The van der Waals surface area contributed by atoms with Crippen LogP contribution in [0.15, 0.2) is 16.5 Å². The first-order valence-corrected chi connectivity index (χ1v) is 8.87. The molecule has 1 aliphatic carbocycles. The first kappa shape index (κ1) is 14.1. The van der Waals surface area contributed by atoms with Crippen molar-refractivity contribution in [3.8, 4) is 0 Å². The minimum absolute atomic E-state index is 0.0620. The van der Waals surface area contributed by atoms with Gasteiger partial charge in [-0.1, -0.05) is 6.92 Å². The van der Waals surface area contributed by atoms with E-state index in [0.29, 0.717) is 24.0 Å². The van der Waals surface area contributed by atoms with Crippen LogP contribution >= 0.6 is 0 Å². The molecule has 3 rings (SSSR count). The molecular weight excluding hydrogens is 278 g/mol. The van der Waals surface area contributed by atoms with E-state index in [4.69, 9.17) is 10.2 Å². The molecule has 5 nitrogen and oxygen atoms in total. The Balaban J connectivity index is 1.84. The van der Waals surface area contributed by atoms with Gasteiger partial charge in [-0.15, -0.1) is 0 Å². The second-order valence-corrected chi connectivity index (χ2v) is 8.55. The molecule has 0 radical (unpaired) electrons. The first-order valence-electron chi connectivity index (χ1n) is 7.05. The Morgan fingerprint density at radius 2 is 2.25 bits per heavy atom. The van der Waals surface area contributed by atoms with Gasteiger partial charge in [-0.3, -0.25) is 0 Å². The number of aliphatic hydroxyl groups excluding tert-OH is 1. The maximum atomic E-state index is 11.7. The average molecular weight is 299 g/mol. The van der Waals surface area contributed by atoms with Crippen LogP contribution in [0.25, 0.3) is 0 Å². The SMILES string of the molecule is CC1CC1c1ccc(C(O)C2(CN)CCS(=O)(=O)C2)o1. The normalized spacial score (nSPS) is 37.0. The average Bonchev–Trinajstić information content (AvgIpc) is 2.85. The minimum Gasteiger partial charge on any atom is -0.463 e. The van der Waals surface area contributed by atoms with Crippen molar-refractivity contribution in [2.45, 2.75) is 31.8 Å². The lowest BCUT2D eigenvalue weighted by Crippen LogP contribution is -2.37. The summed E-state index contributed by atoms with van der Waals surface area (Å²) >= 11 is 0. The Morgan fingerprint density at radius 3 is 2.75 bits per heavy atom. The Morgan fingerprint density at radius 1 is 1.55 bits per heavy atom. The Bertz CT molecular complexity index is 608. The Hall–Kier alpha value is -0.850. The zero-order valence-electron chi connectivity index (χ0n) is 11.6. The lowest BCUT2D eigenvalue weighted by atomic mass is 9.80. The maximum Gasteiger partial charge on any atom is 0.151 e. The topological polar surface area (TPSA) is 93.5 Å². The van der Waals surface area contributed by atoms with E-state index in [1.54, 1.807) is 6.07 Å². The fourth-order valence-corrected chi connectivity index (χ4v) is 5.32. The number of nitrogens with two attached hydrogens (primary N) is 1. The molecule has 3 N–H and O–H groups in total. The predicted molar refractivity (Wildman–Crippen MR) is 74.9 cm³/mol. The molecule has 4 unspecified atom stereocenters. The van der Waals surface area contributed by atoms with Crippen molar-refractivity contribution in [2.75, 3.05) is 18.1 Å². The predicted octanol–water partition coefficient (Wildman–Crippen LogP) is 1.20. The zero-order chi connectivity index (χ0) is 14.5. The molecule has 2 fully saturated rings. The Kier molecular flexibility index (Phi) is 3.23. The van der Waals surface area contributed by atoms with Crippen LogP contribution in [0.3, 0.4) is 0 Å². The van der Waals surface area contributed by atoms with Crippen LogP contribution in [0.4, 0.5) is 0 Å². The highest BCUT2D eigenvalue weighted by Crippen LogP contribution is 2.49. The molecule has 1 aliphatic heterocycles. The van der Waals surface area contributed by atoms with Gasteiger partial charge in [0.2, 0.25) is 0 Å². The van der Waals surface area contributed by atoms with Crippen LogP contribution in [0.5, 0.6) is 0 Å². The summed E-state index contributed by atoms with van der Waals surface area (Å²) in [6, 6.07) is 3.65. The summed E-state index contributed by atoms with van der Waals surface area (Å²) < 4.78 is 29.2. The highest BCUT2D eigenvalue weighted by molar-refractivity contribution is 7.91. The van der Waals surface area contributed by atoms with E-state index >= 15 is 0 Å². The van der Waals surface area contributed by atoms with Crippen LogP contribution in [-0.2, 0) is 9.84 Å². The maximum absolute atomic E-state index is 11.7. The molecule has 2 aliphatic rings. The van der Waals surface area contributed by atoms with Crippen LogP contribution in [0.1, 0.15) is 43.3 Å². The molecule has 6 heteroatoms. The molecule has 0 amide bonds. The van der Waals surface area contributed by atoms with Crippen LogP contribution < -0.4 is 5.73 Å². The summed E-state index contributed by atoms with van der Waals surface area (Å²) in [4.78, 5) is 0. The van der Waals surface area contributed by atoms with Crippen molar-refractivity contribution in [3.05, 3.63) is 23.7 Å². The molecule has 112 valence electrons. The molecule has 1 aromatic heterocycles. The smallest absolute Gasteiger partial charge is 0.151 e. The van der Waals surface area contributed by atoms with Gasteiger partial charge in [0.15, 0.2) is 9.84 Å². The van der Waals surface area contributed by atoms with Crippen LogP contribution in [-0.4, -0.2) is 31.6 Å². The quantitative estimate of drug-likeness (QED) is 0.871. The number of furan rings is 1. The highest BCUT2D eigenvalue weighted by Gasteiger charge is 2.48. The summed E-state index contributed by atoms with van der Waals surface area (Å²) in [6.07, 6.45) is 0.551. The van der Waals surface area contributed by atoms with E-state index in [2.05, 4.69) is 6.92 Å². The molecule has 1 saturated heterocycles. The number of hydrogen-bond donors (Lipinski definition) is 2. The van der Waals surface area contributed by atoms with E-state index in [-0.39, 0.29) is 18.1 Å².